The van der Waals surface area contributed by atoms with Gasteiger partial charge in [-0.25, -0.2) is 0 Å². The number of carbonyl (C=O) groups excluding carboxylic acids is 1. The van der Waals surface area contributed by atoms with Crippen LogP contribution in [0, 0.1) is 0 Å². The van der Waals surface area contributed by atoms with Crippen LogP contribution in [0.2, 0.25) is 0 Å². The number of primary amides is 1. The Bertz CT molecular complexity index is 1130. The zero-order valence-corrected chi connectivity index (χ0v) is 17.7. The number of nitrogens with zero attached hydrogens (tertiary/aromatic N) is 5. The average molecular weight is 438 g/mol. The van der Waals surface area contributed by atoms with Crippen LogP contribution in [0.5, 0.6) is 0 Å². The molecular formula is C21H27N9O2. The van der Waals surface area contributed by atoms with Crippen LogP contribution in [-0.4, -0.2) is 56.2 Å². The molecule has 0 unspecified atom stereocenters. The first-order valence-electron chi connectivity index (χ1n) is 11.0. The Kier molecular flexibility index (Phi) is 5.58. The molecule has 6 N–H and O–H groups in total. The Hall–Kier alpha value is -3.31. The van der Waals surface area contributed by atoms with Gasteiger partial charge in [0, 0.05) is 24.1 Å². The van der Waals surface area contributed by atoms with E-state index in [1.807, 2.05) is 22.9 Å². The standard InChI is InChI=1S/C21H27N9O2/c22-14-4-1-2-5-16(14)26-21-27-20(18(19(23)31)28-29-21)25-15-6-3-7-17-13(15)10-24-30(17)12-8-9-32-11-12/h3,6-7,10,12,14,16H,1-2,4-5,8-9,11,22H2,(H2,23,31)(H2,25,26,27,29)/t12-,14-,16+/m0/s1. The van der Waals surface area contributed by atoms with Gasteiger partial charge in [-0.2, -0.15) is 10.1 Å². The van der Waals surface area contributed by atoms with Gasteiger partial charge in [0.25, 0.3) is 5.91 Å². The SMILES string of the molecule is NC(=O)c1nnc(N[C@@H]2CCCC[C@@H]2N)nc1Nc1cccc2c1cnn2[C@H]1CCOC1. The number of amides is 1. The Labute approximate surface area is 184 Å². The Morgan fingerprint density at radius 2 is 2.06 bits per heavy atom. The van der Waals surface area contributed by atoms with Crippen molar-refractivity contribution in [2.75, 3.05) is 23.8 Å². The number of carbonyl (C=O) groups is 1. The van der Waals surface area contributed by atoms with Crippen molar-refractivity contribution in [2.24, 2.45) is 11.5 Å². The maximum atomic E-state index is 12.0. The molecule has 11 heteroatoms. The third-order valence-electron chi connectivity index (χ3n) is 6.20. The van der Waals surface area contributed by atoms with Gasteiger partial charge < -0.3 is 26.8 Å². The number of ether oxygens (including phenoxy) is 1. The van der Waals surface area contributed by atoms with Crippen LogP contribution in [0.15, 0.2) is 24.4 Å². The predicted octanol–water partition coefficient (Wildman–Crippen LogP) is 1.71. The monoisotopic (exact) mass is 437 g/mol. The molecule has 1 saturated carbocycles. The molecule has 1 amide bonds. The van der Waals surface area contributed by atoms with Crippen LogP contribution in [-0.2, 0) is 4.74 Å². The molecule has 1 aromatic carbocycles. The van der Waals surface area contributed by atoms with Crippen LogP contribution in [0.4, 0.5) is 17.5 Å². The number of nitrogens with one attached hydrogen (secondary N) is 2. The lowest BCUT2D eigenvalue weighted by molar-refractivity contribution is 0.0995. The smallest absolute Gasteiger partial charge is 0.273 e. The second-order valence-corrected chi connectivity index (χ2v) is 8.37. The van der Waals surface area contributed by atoms with Crippen molar-refractivity contribution in [1.29, 1.82) is 0 Å². The molecule has 1 aliphatic heterocycles. The fourth-order valence-corrected chi connectivity index (χ4v) is 4.46. The summed E-state index contributed by atoms with van der Waals surface area (Å²) in [6.07, 6.45) is 6.84. The van der Waals surface area contributed by atoms with E-state index in [1.54, 1.807) is 6.20 Å². The molecular weight excluding hydrogens is 410 g/mol. The second kappa shape index (κ2) is 8.67. The summed E-state index contributed by atoms with van der Waals surface area (Å²) in [7, 11) is 0. The van der Waals surface area contributed by atoms with Gasteiger partial charge in [-0.1, -0.05) is 18.9 Å². The molecule has 3 heterocycles. The molecule has 1 saturated heterocycles. The van der Waals surface area contributed by atoms with E-state index in [-0.39, 0.29) is 29.6 Å². The summed E-state index contributed by atoms with van der Waals surface area (Å²) in [4.78, 5) is 16.5. The molecule has 168 valence electrons. The third-order valence-corrected chi connectivity index (χ3v) is 6.20. The lowest BCUT2D eigenvalue weighted by atomic mass is 9.91. The average Bonchev–Trinajstić information content (AvgIpc) is 3.45. The number of anilines is 3. The van der Waals surface area contributed by atoms with E-state index >= 15 is 0 Å². The Morgan fingerprint density at radius 3 is 2.84 bits per heavy atom. The van der Waals surface area contributed by atoms with Gasteiger partial charge in [0.15, 0.2) is 11.5 Å². The van der Waals surface area contributed by atoms with Gasteiger partial charge in [0.1, 0.15) is 0 Å². The summed E-state index contributed by atoms with van der Waals surface area (Å²) in [5.41, 5.74) is 13.5. The Morgan fingerprint density at radius 1 is 1.19 bits per heavy atom. The van der Waals surface area contributed by atoms with E-state index in [1.165, 1.54) is 0 Å². The minimum atomic E-state index is -0.709. The fourth-order valence-electron chi connectivity index (χ4n) is 4.46. The molecule has 2 aliphatic rings. The van der Waals surface area contributed by atoms with E-state index in [0.717, 1.165) is 55.3 Å². The van der Waals surface area contributed by atoms with Crippen molar-refractivity contribution in [3.05, 3.63) is 30.1 Å². The first-order chi connectivity index (χ1) is 15.6. The summed E-state index contributed by atoms with van der Waals surface area (Å²) in [5.74, 6) is -0.158. The van der Waals surface area contributed by atoms with E-state index in [9.17, 15) is 4.79 Å². The minimum absolute atomic E-state index is 0.0266. The Balaban J connectivity index is 1.46. The first-order valence-corrected chi connectivity index (χ1v) is 11.0. The number of hydrogen-bond acceptors (Lipinski definition) is 9. The van der Waals surface area contributed by atoms with Crippen molar-refractivity contribution in [3.8, 4) is 0 Å². The van der Waals surface area contributed by atoms with E-state index in [4.69, 9.17) is 16.2 Å². The predicted molar refractivity (Wildman–Crippen MR) is 120 cm³/mol. The second-order valence-electron chi connectivity index (χ2n) is 8.37. The highest BCUT2D eigenvalue weighted by molar-refractivity contribution is 5.98. The molecule has 2 fully saturated rings. The highest BCUT2D eigenvalue weighted by Crippen LogP contribution is 2.30. The van der Waals surface area contributed by atoms with Crippen LogP contribution < -0.4 is 22.1 Å². The maximum absolute atomic E-state index is 12.0. The third kappa shape index (κ3) is 3.96. The molecule has 0 bridgehead atoms. The molecule has 2 aromatic heterocycles. The summed E-state index contributed by atoms with van der Waals surface area (Å²) < 4.78 is 7.50. The molecule has 1 aliphatic carbocycles. The molecule has 5 rings (SSSR count). The largest absolute Gasteiger partial charge is 0.379 e. The minimum Gasteiger partial charge on any atom is -0.379 e. The van der Waals surface area contributed by atoms with Crippen LogP contribution in [0.25, 0.3) is 10.9 Å². The molecule has 11 nitrogen and oxygen atoms in total. The number of benzene rings is 1. The molecule has 3 aromatic rings. The van der Waals surface area contributed by atoms with Gasteiger partial charge in [0.05, 0.1) is 30.0 Å². The van der Waals surface area contributed by atoms with Gasteiger partial charge >= 0.3 is 0 Å². The quantitative estimate of drug-likeness (QED) is 0.450. The molecule has 32 heavy (non-hydrogen) atoms. The molecule has 3 atom stereocenters. The molecule has 0 radical (unpaired) electrons. The zero-order chi connectivity index (χ0) is 22.1. The highest BCUT2D eigenvalue weighted by atomic mass is 16.5. The number of fused-ring (bicyclic) bond motifs is 1. The van der Waals surface area contributed by atoms with Crippen molar-refractivity contribution in [2.45, 2.75) is 50.2 Å². The lowest BCUT2D eigenvalue weighted by Gasteiger charge is -2.29. The lowest BCUT2D eigenvalue weighted by Crippen LogP contribution is -2.43. The summed E-state index contributed by atoms with van der Waals surface area (Å²) in [6, 6.07) is 6.14. The summed E-state index contributed by atoms with van der Waals surface area (Å²) in [6.45, 7) is 1.38. The number of aromatic nitrogens is 5. The highest BCUT2D eigenvalue weighted by Gasteiger charge is 2.24. The van der Waals surface area contributed by atoms with Gasteiger partial charge in [0.2, 0.25) is 5.95 Å². The van der Waals surface area contributed by atoms with Crippen molar-refractivity contribution < 1.29 is 9.53 Å². The van der Waals surface area contributed by atoms with Gasteiger partial charge in [-0.15, -0.1) is 10.2 Å². The molecule has 0 spiro atoms. The van der Waals surface area contributed by atoms with Crippen LogP contribution in [0.1, 0.15) is 48.6 Å². The van der Waals surface area contributed by atoms with Crippen molar-refractivity contribution in [1.82, 2.24) is 25.0 Å². The maximum Gasteiger partial charge on any atom is 0.273 e. The van der Waals surface area contributed by atoms with E-state index < -0.39 is 5.91 Å². The van der Waals surface area contributed by atoms with Crippen LogP contribution >= 0.6 is 0 Å². The topological polar surface area (TPSA) is 159 Å². The number of rotatable bonds is 6. The summed E-state index contributed by atoms with van der Waals surface area (Å²) >= 11 is 0. The van der Waals surface area contributed by atoms with Crippen molar-refractivity contribution >= 4 is 34.3 Å². The van der Waals surface area contributed by atoms with Crippen molar-refractivity contribution in [3.63, 3.8) is 0 Å². The zero-order valence-electron chi connectivity index (χ0n) is 17.7. The normalized spacial score (nSPS) is 23.3. The number of nitrogens with two attached hydrogens (primary N) is 2. The fraction of sp³-hybridized carbons (Fsp3) is 0.476. The summed E-state index contributed by atoms with van der Waals surface area (Å²) in [5, 5.41) is 20.0. The number of hydrogen-bond donors (Lipinski definition) is 4. The van der Waals surface area contributed by atoms with E-state index in [0.29, 0.717) is 12.6 Å². The first kappa shape index (κ1) is 20.6. The van der Waals surface area contributed by atoms with Gasteiger partial charge in [-0.05, 0) is 31.4 Å². The van der Waals surface area contributed by atoms with Gasteiger partial charge in [-0.3, -0.25) is 9.48 Å². The van der Waals surface area contributed by atoms with Crippen LogP contribution in [0.3, 0.4) is 0 Å². The van der Waals surface area contributed by atoms with E-state index in [2.05, 4.69) is 30.9 Å².